The Morgan fingerprint density at radius 2 is 2.25 bits per heavy atom. The van der Waals surface area contributed by atoms with Gasteiger partial charge >= 0.3 is 0 Å². The quantitative estimate of drug-likeness (QED) is 0.536. The second-order valence-corrected chi connectivity index (χ2v) is 4.98. The third kappa shape index (κ3) is 4.89. The minimum Gasteiger partial charge on any atom is -0.383 e. The Balaban J connectivity index is 2.84. The van der Waals surface area contributed by atoms with Crippen LogP contribution in [0.1, 0.15) is 12.0 Å². The van der Waals surface area contributed by atoms with Crippen LogP contribution in [0.4, 0.5) is 5.69 Å². The number of benzene rings is 1. The van der Waals surface area contributed by atoms with Gasteiger partial charge in [-0.1, -0.05) is 12.1 Å². The number of rotatable bonds is 8. The van der Waals surface area contributed by atoms with Crippen molar-refractivity contribution in [3.8, 4) is 6.07 Å². The van der Waals surface area contributed by atoms with Crippen LogP contribution in [0.25, 0.3) is 0 Å². The van der Waals surface area contributed by atoms with Gasteiger partial charge in [-0.2, -0.15) is 5.26 Å². The third-order valence-electron chi connectivity index (χ3n) is 2.80. The van der Waals surface area contributed by atoms with E-state index in [1.54, 1.807) is 13.2 Å². The zero-order valence-electron chi connectivity index (χ0n) is 11.2. The molecule has 0 spiro atoms. The Bertz CT molecular complexity index is 502. The molecule has 1 rings (SSSR count). The molecule has 108 valence electrons. The van der Waals surface area contributed by atoms with Crippen molar-refractivity contribution in [3.63, 3.8) is 0 Å². The summed E-state index contributed by atoms with van der Waals surface area (Å²) in [5.41, 5.74) is 0.878. The van der Waals surface area contributed by atoms with Crippen molar-refractivity contribution in [3.05, 3.63) is 38.3 Å². The van der Waals surface area contributed by atoms with Crippen LogP contribution in [0.5, 0.6) is 0 Å². The Kier molecular flexibility index (Phi) is 7.15. The molecule has 0 N–H and O–H groups in total. The van der Waals surface area contributed by atoms with Gasteiger partial charge in [0.1, 0.15) is 0 Å². The maximum Gasteiger partial charge on any atom is 0.283 e. The molecular weight excluding hydrogens is 326 g/mol. The first-order valence-corrected chi connectivity index (χ1v) is 6.89. The number of nitriles is 1. The number of nitrogens with zero attached hydrogens (tertiary/aromatic N) is 3. The van der Waals surface area contributed by atoms with E-state index in [2.05, 4.69) is 22.0 Å². The third-order valence-corrected chi connectivity index (χ3v) is 3.72. The van der Waals surface area contributed by atoms with Gasteiger partial charge in [0.15, 0.2) is 0 Å². The number of methoxy groups -OCH3 is 1. The maximum atomic E-state index is 10.9. The molecular formula is C13H16BrN3O3. The first kappa shape index (κ1) is 16.6. The van der Waals surface area contributed by atoms with Crippen LogP contribution in [0.15, 0.2) is 22.7 Å². The van der Waals surface area contributed by atoms with E-state index in [4.69, 9.17) is 10.00 Å². The molecule has 0 fully saturated rings. The van der Waals surface area contributed by atoms with Gasteiger partial charge in [0.05, 0.1) is 22.1 Å². The second-order valence-electron chi connectivity index (χ2n) is 4.18. The molecule has 0 bridgehead atoms. The summed E-state index contributed by atoms with van der Waals surface area (Å²) in [6.45, 7) is 2.37. The Labute approximate surface area is 126 Å². The van der Waals surface area contributed by atoms with Crippen LogP contribution in [0.2, 0.25) is 0 Å². The molecule has 7 heteroatoms. The number of nitro benzene ring substituents is 1. The molecule has 0 aromatic heterocycles. The number of nitro groups is 1. The highest BCUT2D eigenvalue weighted by Gasteiger charge is 2.16. The molecule has 0 atom stereocenters. The van der Waals surface area contributed by atoms with Gasteiger partial charge < -0.3 is 4.74 Å². The van der Waals surface area contributed by atoms with E-state index < -0.39 is 4.92 Å². The van der Waals surface area contributed by atoms with E-state index in [9.17, 15) is 10.1 Å². The molecule has 0 radical (unpaired) electrons. The lowest BCUT2D eigenvalue weighted by atomic mass is 10.2. The van der Waals surface area contributed by atoms with Gasteiger partial charge in [-0.3, -0.25) is 15.0 Å². The maximum absolute atomic E-state index is 10.9. The highest BCUT2D eigenvalue weighted by Crippen LogP contribution is 2.29. The average molecular weight is 342 g/mol. The van der Waals surface area contributed by atoms with Crippen LogP contribution >= 0.6 is 15.9 Å². The Hall–Kier alpha value is -1.49. The summed E-state index contributed by atoms with van der Waals surface area (Å²) in [6, 6.07) is 7.06. The molecule has 20 heavy (non-hydrogen) atoms. The predicted octanol–water partition coefficient (Wildman–Crippen LogP) is 2.72. The molecule has 0 aliphatic rings. The predicted molar refractivity (Wildman–Crippen MR) is 78.2 cm³/mol. The summed E-state index contributed by atoms with van der Waals surface area (Å²) in [5.74, 6) is 0. The normalized spacial score (nSPS) is 10.5. The van der Waals surface area contributed by atoms with Crippen LogP contribution in [-0.2, 0) is 11.3 Å². The molecule has 6 nitrogen and oxygen atoms in total. The molecule has 0 aliphatic heterocycles. The van der Waals surface area contributed by atoms with E-state index in [1.807, 2.05) is 11.0 Å². The standard InChI is InChI=1S/C13H16BrN3O3/c1-20-9-8-16(7-3-6-15)10-11-4-2-5-12(13(11)14)17(18)19/h2,4-5H,3,7-10H2,1H3. The highest BCUT2D eigenvalue weighted by molar-refractivity contribution is 9.10. The molecule has 0 heterocycles. The smallest absolute Gasteiger partial charge is 0.283 e. The number of hydrogen-bond acceptors (Lipinski definition) is 5. The van der Waals surface area contributed by atoms with Gasteiger partial charge in [-0.25, -0.2) is 0 Å². The fraction of sp³-hybridized carbons (Fsp3) is 0.462. The lowest BCUT2D eigenvalue weighted by Gasteiger charge is -2.21. The molecule has 0 saturated carbocycles. The van der Waals surface area contributed by atoms with E-state index >= 15 is 0 Å². The first-order valence-electron chi connectivity index (χ1n) is 6.10. The molecule has 1 aromatic rings. The molecule has 1 aromatic carbocycles. The number of halogens is 1. The summed E-state index contributed by atoms with van der Waals surface area (Å²) in [7, 11) is 1.62. The summed E-state index contributed by atoms with van der Waals surface area (Å²) >= 11 is 3.28. The van der Waals surface area contributed by atoms with Crippen molar-refractivity contribution in [2.75, 3.05) is 26.8 Å². The molecule has 0 amide bonds. The molecule has 0 saturated heterocycles. The van der Waals surface area contributed by atoms with E-state index in [-0.39, 0.29) is 5.69 Å². The van der Waals surface area contributed by atoms with Gasteiger partial charge in [0.25, 0.3) is 5.69 Å². The van der Waals surface area contributed by atoms with E-state index in [1.165, 1.54) is 6.07 Å². The van der Waals surface area contributed by atoms with Gasteiger partial charge in [-0.05, 0) is 21.5 Å². The summed E-state index contributed by atoms with van der Waals surface area (Å²) < 4.78 is 5.53. The fourth-order valence-corrected chi connectivity index (χ4v) is 2.30. The van der Waals surface area contributed by atoms with E-state index in [0.717, 1.165) is 5.56 Å². The highest BCUT2D eigenvalue weighted by atomic mass is 79.9. The minimum absolute atomic E-state index is 0.0504. The summed E-state index contributed by atoms with van der Waals surface area (Å²) in [4.78, 5) is 12.5. The SMILES string of the molecule is COCCN(CCC#N)Cc1cccc([N+](=O)[O-])c1Br. The van der Waals surface area contributed by atoms with Gasteiger partial charge in [0, 0.05) is 39.2 Å². The van der Waals surface area contributed by atoms with Crippen molar-refractivity contribution in [2.45, 2.75) is 13.0 Å². The second kappa shape index (κ2) is 8.64. The van der Waals surface area contributed by atoms with Crippen LogP contribution in [-0.4, -0.2) is 36.6 Å². The molecule has 0 aliphatic carbocycles. The lowest BCUT2D eigenvalue weighted by Crippen LogP contribution is -2.28. The van der Waals surface area contributed by atoms with Crippen molar-refractivity contribution < 1.29 is 9.66 Å². The summed E-state index contributed by atoms with van der Waals surface area (Å²) in [5, 5.41) is 19.6. The Morgan fingerprint density at radius 1 is 1.50 bits per heavy atom. The Morgan fingerprint density at radius 3 is 2.85 bits per heavy atom. The van der Waals surface area contributed by atoms with Crippen molar-refractivity contribution in [2.24, 2.45) is 0 Å². The topological polar surface area (TPSA) is 79.4 Å². The van der Waals surface area contributed by atoms with Crippen LogP contribution < -0.4 is 0 Å². The van der Waals surface area contributed by atoms with Gasteiger partial charge in [0.2, 0.25) is 0 Å². The fourth-order valence-electron chi connectivity index (χ4n) is 1.77. The van der Waals surface area contributed by atoms with Gasteiger partial charge in [-0.15, -0.1) is 0 Å². The van der Waals surface area contributed by atoms with Crippen molar-refractivity contribution >= 4 is 21.6 Å². The zero-order chi connectivity index (χ0) is 15.0. The first-order chi connectivity index (χ1) is 9.60. The lowest BCUT2D eigenvalue weighted by molar-refractivity contribution is -0.385. The minimum atomic E-state index is -0.414. The van der Waals surface area contributed by atoms with Crippen molar-refractivity contribution in [1.82, 2.24) is 4.90 Å². The van der Waals surface area contributed by atoms with E-state index in [0.29, 0.717) is 37.1 Å². The average Bonchev–Trinajstić information content (AvgIpc) is 2.43. The zero-order valence-corrected chi connectivity index (χ0v) is 12.8. The largest absolute Gasteiger partial charge is 0.383 e. The van der Waals surface area contributed by atoms with Crippen LogP contribution in [0.3, 0.4) is 0 Å². The number of ether oxygens (including phenoxy) is 1. The summed E-state index contributed by atoms with van der Waals surface area (Å²) in [6.07, 6.45) is 0.413. The van der Waals surface area contributed by atoms with Crippen molar-refractivity contribution in [1.29, 1.82) is 5.26 Å². The monoisotopic (exact) mass is 341 g/mol. The van der Waals surface area contributed by atoms with Crippen LogP contribution in [0, 0.1) is 21.4 Å². The molecule has 0 unspecified atom stereocenters. The number of hydrogen-bond donors (Lipinski definition) is 0.